The van der Waals surface area contributed by atoms with Crippen LogP contribution in [0.4, 0.5) is 13.2 Å². The Labute approximate surface area is 178 Å². The molecule has 1 fully saturated rings. The van der Waals surface area contributed by atoms with Gasteiger partial charge in [0.15, 0.2) is 0 Å². The number of hydrogen-bond acceptors (Lipinski definition) is 6. The Balaban J connectivity index is 2.43. The average molecular weight is 442 g/mol. The van der Waals surface area contributed by atoms with Crippen LogP contribution in [0.25, 0.3) is 0 Å². The summed E-state index contributed by atoms with van der Waals surface area (Å²) in [6, 6.07) is 7.23. The molecule has 10 heteroatoms. The van der Waals surface area contributed by atoms with E-state index in [1.54, 1.807) is 5.32 Å². The van der Waals surface area contributed by atoms with Crippen LogP contribution in [0.2, 0.25) is 0 Å². The number of nitrogens with one attached hydrogen (secondary N) is 1. The third-order valence-electron chi connectivity index (χ3n) is 5.38. The Morgan fingerprint density at radius 1 is 1.16 bits per heavy atom. The molecule has 1 aliphatic carbocycles. The molecule has 1 aromatic carbocycles. The van der Waals surface area contributed by atoms with Crippen molar-refractivity contribution in [1.82, 2.24) is 5.32 Å². The number of esters is 2. The Bertz CT molecular complexity index is 841. The summed E-state index contributed by atoms with van der Waals surface area (Å²) >= 11 is 0. The van der Waals surface area contributed by atoms with Crippen LogP contribution in [-0.4, -0.2) is 50.0 Å². The maximum absolute atomic E-state index is 12.8. The summed E-state index contributed by atoms with van der Waals surface area (Å²) in [5, 5.41) is 1.64. The second-order valence-corrected chi connectivity index (χ2v) is 7.34. The van der Waals surface area contributed by atoms with Crippen LogP contribution in [-0.2, 0) is 23.9 Å². The molecular weight excluding hydrogens is 417 g/mol. The quantitative estimate of drug-likeness (QED) is 0.655. The molecule has 2 rings (SSSR count). The lowest BCUT2D eigenvalue weighted by molar-refractivity contribution is -0.176. The van der Waals surface area contributed by atoms with E-state index in [9.17, 15) is 27.6 Å². The maximum Gasteiger partial charge on any atom is 0.471 e. The van der Waals surface area contributed by atoms with Crippen LogP contribution >= 0.6 is 0 Å². The van der Waals surface area contributed by atoms with E-state index in [1.807, 2.05) is 37.3 Å². The molecule has 1 amide bonds. The van der Waals surface area contributed by atoms with Crippen molar-refractivity contribution in [3.05, 3.63) is 35.9 Å². The molecule has 1 N–H and O–H groups in total. The minimum atomic E-state index is -5.20. The van der Waals surface area contributed by atoms with Crippen molar-refractivity contribution in [3.8, 4) is 0 Å². The molecule has 0 radical (unpaired) electrons. The normalized spacial score (nSPS) is 21.9. The number of nitrogens with zero attached hydrogens (tertiary/aromatic N) is 1. The first kappa shape index (κ1) is 24.4. The molecule has 3 atom stereocenters. The van der Waals surface area contributed by atoms with Gasteiger partial charge in [-0.05, 0) is 38.2 Å². The van der Waals surface area contributed by atoms with E-state index in [0.29, 0.717) is 18.6 Å². The zero-order chi connectivity index (χ0) is 23.2. The summed E-state index contributed by atoms with van der Waals surface area (Å²) in [5.41, 5.74) is -0.142. The van der Waals surface area contributed by atoms with Crippen molar-refractivity contribution >= 4 is 23.6 Å². The first-order valence-corrected chi connectivity index (χ1v) is 9.71. The van der Waals surface area contributed by atoms with Crippen molar-refractivity contribution in [3.63, 3.8) is 0 Å². The largest absolute Gasteiger partial charge is 0.471 e. The zero-order valence-corrected chi connectivity index (χ0v) is 17.5. The number of amides is 1. The van der Waals surface area contributed by atoms with Gasteiger partial charge < -0.3 is 14.8 Å². The molecule has 2 unspecified atom stereocenters. The summed E-state index contributed by atoms with van der Waals surface area (Å²) in [7, 11) is 2.14. The van der Waals surface area contributed by atoms with Crippen LogP contribution in [0.1, 0.15) is 44.2 Å². The van der Waals surface area contributed by atoms with E-state index in [1.165, 1.54) is 0 Å². The smallest absolute Gasteiger partial charge is 0.468 e. The molecule has 170 valence electrons. The molecule has 1 saturated carbocycles. The topological polar surface area (TPSA) is 94.1 Å². The van der Waals surface area contributed by atoms with Gasteiger partial charge in [0.05, 0.1) is 20.3 Å². The van der Waals surface area contributed by atoms with Crippen molar-refractivity contribution < 1.29 is 37.0 Å². The number of halogens is 3. The fraction of sp³-hybridized carbons (Fsp3) is 0.524. The van der Waals surface area contributed by atoms with Crippen LogP contribution in [0.3, 0.4) is 0 Å². The summed E-state index contributed by atoms with van der Waals surface area (Å²) in [6.07, 6.45) is -4.49. The van der Waals surface area contributed by atoms with Gasteiger partial charge in [0.1, 0.15) is 11.5 Å². The van der Waals surface area contributed by atoms with Gasteiger partial charge in [-0.2, -0.15) is 13.2 Å². The van der Waals surface area contributed by atoms with Crippen molar-refractivity contribution in [2.45, 2.75) is 50.9 Å². The maximum atomic E-state index is 12.8. The number of alkyl halides is 3. The van der Waals surface area contributed by atoms with Gasteiger partial charge in [-0.1, -0.05) is 30.3 Å². The first-order chi connectivity index (χ1) is 14.5. The highest BCUT2D eigenvalue weighted by Gasteiger charge is 2.51. The molecule has 0 aromatic heterocycles. The summed E-state index contributed by atoms with van der Waals surface area (Å²) in [4.78, 5) is 41.1. The highest BCUT2D eigenvalue weighted by molar-refractivity contribution is 6.08. The van der Waals surface area contributed by atoms with E-state index in [4.69, 9.17) is 4.74 Å². The van der Waals surface area contributed by atoms with Crippen molar-refractivity contribution in [1.29, 1.82) is 0 Å². The summed E-state index contributed by atoms with van der Waals surface area (Å²) in [6.45, 7) is 1.83. The van der Waals surface area contributed by atoms with Gasteiger partial charge >= 0.3 is 24.0 Å². The van der Waals surface area contributed by atoms with E-state index in [2.05, 4.69) is 9.73 Å². The highest BCUT2D eigenvalue weighted by Crippen LogP contribution is 2.42. The predicted octanol–water partition coefficient (Wildman–Crippen LogP) is 3.14. The number of ether oxygens (including phenoxy) is 2. The molecule has 0 saturated heterocycles. The monoisotopic (exact) mass is 442 g/mol. The number of carbonyl (C=O) groups is 3. The van der Waals surface area contributed by atoms with E-state index in [0.717, 1.165) is 19.8 Å². The molecule has 0 aliphatic heterocycles. The Kier molecular flexibility index (Phi) is 7.80. The molecule has 31 heavy (non-hydrogen) atoms. The fourth-order valence-electron chi connectivity index (χ4n) is 3.81. The molecule has 1 aliphatic rings. The minimum Gasteiger partial charge on any atom is -0.468 e. The van der Waals surface area contributed by atoms with Crippen molar-refractivity contribution in [2.75, 3.05) is 14.2 Å². The second-order valence-electron chi connectivity index (χ2n) is 7.34. The van der Waals surface area contributed by atoms with Gasteiger partial charge in [-0.15, -0.1) is 0 Å². The lowest BCUT2D eigenvalue weighted by Crippen LogP contribution is -2.52. The number of rotatable bonds is 7. The minimum absolute atomic E-state index is 0.218. The third kappa shape index (κ3) is 5.62. The zero-order valence-electron chi connectivity index (χ0n) is 17.5. The molecule has 1 aromatic rings. The van der Waals surface area contributed by atoms with Gasteiger partial charge in [-0.3, -0.25) is 14.6 Å². The molecule has 7 nitrogen and oxygen atoms in total. The second kappa shape index (κ2) is 9.93. The first-order valence-electron chi connectivity index (χ1n) is 9.71. The SMILES string of the molecule is COC(=O)C(C[C@@]1(C(=O)OC)CCCC1=NC(C)c1ccccc1)NC(=O)C(F)(F)F. The van der Waals surface area contributed by atoms with Crippen molar-refractivity contribution in [2.24, 2.45) is 10.4 Å². The number of benzene rings is 1. The lowest BCUT2D eigenvalue weighted by Gasteiger charge is -2.31. The van der Waals surface area contributed by atoms with Crippen LogP contribution in [0, 0.1) is 5.41 Å². The Hall–Kier alpha value is -2.91. The Morgan fingerprint density at radius 3 is 2.35 bits per heavy atom. The number of aliphatic imine (C=N–C) groups is 1. The van der Waals surface area contributed by atoms with Gasteiger partial charge in [0.2, 0.25) is 0 Å². The highest BCUT2D eigenvalue weighted by atomic mass is 19.4. The van der Waals surface area contributed by atoms with Gasteiger partial charge in [-0.25, -0.2) is 4.79 Å². The molecule has 0 bridgehead atoms. The van der Waals surface area contributed by atoms with E-state index in [-0.39, 0.29) is 12.5 Å². The lowest BCUT2D eigenvalue weighted by atomic mass is 9.78. The standard InChI is InChI=1S/C21H25F3N2O5/c1-13(14-8-5-4-6-9-14)25-16-10-7-11-20(16,19(29)31-3)12-15(17(27)30-2)26-18(28)21(22,23)24/h4-6,8-9,13,15H,7,10-12H2,1-3H3,(H,26,28)/t13?,15?,20-/m0/s1. The number of methoxy groups -OCH3 is 2. The Morgan fingerprint density at radius 2 is 1.81 bits per heavy atom. The van der Waals surface area contributed by atoms with Crippen LogP contribution in [0.15, 0.2) is 35.3 Å². The van der Waals surface area contributed by atoms with Gasteiger partial charge in [0.25, 0.3) is 0 Å². The summed E-state index contributed by atoms with van der Waals surface area (Å²) < 4.78 is 47.8. The average Bonchev–Trinajstić information content (AvgIpc) is 3.14. The molecule has 0 spiro atoms. The predicted molar refractivity (Wildman–Crippen MR) is 105 cm³/mol. The van der Waals surface area contributed by atoms with E-state index < -0.39 is 41.9 Å². The fourth-order valence-corrected chi connectivity index (χ4v) is 3.81. The van der Waals surface area contributed by atoms with Crippen LogP contribution < -0.4 is 5.32 Å². The molecular formula is C21H25F3N2O5. The number of carbonyl (C=O) groups excluding carboxylic acids is 3. The summed E-state index contributed by atoms with van der Waals surface area (Å²) in [5.74, 6) is -4.11. The van der Waals surface area contributed by atoms with Gasteiger partial charge in [0, 0.05) is 5.71 Å². The number of hydrogen-bond donors (Lipinski definition) is 1. The van der Waals surface area contributed by atoms with E-state index >= 15 is 0 Å². The van der Waals surface area contributed by atoms with Crippen LogP contribution in [0.5, 0.6) is 0 Å². The third-order valence-corrected chi connectivity index (χ3v) is 5.38. The molecule has 0 heterocycles.